The molecule has 0 radical (unpaired) electrons. The van der Waals surface area contributed by atoms with Crippen LogP contribution in [0.15, 0.2) is 72.9 Å². The van der Waals surface area contributed by atoms with Crippen molar-refractivity contribution >= 4 is 17.9 Å². The van der Waals surface area contributed by atoms with Gasteiger partial charge in [-0.2, -0.15) is 0 Å². The van der Waals surface area contributed by atoms with Crippen LogP contribution >= 0.6 is 0 Å². The van der Waals surface area contributed by atoms with Crippen LogP contribution in [0.4, 0.5) is 0 Å². The van der Waals surface area contributed by atoms with Gasteiger partial charge in [0.25, 0.3) is 0 Å². The molecule has 338 valence electrons. The van der Waals surface area contributed by atoms with Crippen LogP contribution in [0.2, 0.25) is 0 Å². The van der Waals surface area contributed by atoms with Crippen LogP contribution in [-0.2, 0) is 28.6 Å². The van der Waals surface area contributed by atoms with Crippen LogP contribution in [-0.4, -0.2) is 37.2 Å². The van der Waals surface area contributed by atoms with E-state index in [0.29, 0.717) is 19.3 Å². The predicted octanol–water partition coefficient (Wildman–Crippen LogP) is 15.9. The minimum atomic E-state index is -0.812. The molecule has 0 aromatic carbocycles. The highest BCUT2D eigenvalue weighted by molar-refractivity contribution is 5.71. The van der Waals surface area contributed by atoms with Crippen molar-refractivity contribution in [1.82, 2.24) is 0 Å². The molecule has 0 aromatic rings. The van der Waals surface area contributed by atoms with Gasteiger partial charge in [-0.25, -0.2) is 0 Å². The largest absolute Gasteiger partial charge is 0.462 e. The molecule has 6 heteroatoms. The van der Waals surface area contributed by atoms with E-state index in [1.807, 2.05) is 30.4 Å². The molecule has 59 heavy (non-hydrogen) atoms. The Morgan fingerprint density at radius 1 is 0.373 bits per heavy atom. The number of hydrogen-bond donors (Lipinski definition) is 0. The van der Waals surface area contributed by atoms with Crippen LogP contribution in [0.25, 0.3) is 0 Å². The van der Waals surface area contributed by atoms with Crippen molar-refractivity contribution < 1.29 is 28.6 Å². The molecule has 1 unspecified atom stereocenters. The Hall–Kier alpha value is -3.15. The Bertz CT molecular complexity index is 1130. The Labute approximate surface area is 363 Å². The Morgan fingerprint density at radius 3 is 1.24 bits per heavy atom. The molecule has 0 saturated carbocycles. The van der Waals surface area contributed by atoms with Crippen molar-refractivity contribution in [3.8, 4) is 0 Å². The minimum absolute atomic E-state index is 0.104. The van der Waals surface area contributed by atoms with Gasteiger partial charge in [0.1, 0.15) is 13.2 Å². The van der Waals surface area contributed by atoms with Crippen molar-refractivity contribution in [3.63, 3.8) is 0 Å². The number of rotatable bonds is 43. The lowest BCUT2D eigenvalue weighted by molar-refractivity contribution is -0.166. The lowest BCUT2D eigenvalue weighted by Gasteiger charge is -2.18. The van der Waals surface area contributed by atoms with E-state index in [1.54, 1.807) is 0 Å². The zero-order chi connectivity index (χ0) is 43.0. The fourth-order valence-corrected chi connectivity index (χ4v) is 6.62. The lowest BCUT2D eigenvalue weighted by Crippen LogP contribution is -2.30. The number of esters is 3. The van der Waals surface area contributed by atoms with Crippen LogP contribution in [0, 0.1) is 0 Å². The van der Waals surface area contributed by atoms with Gasteiger partial charge in [-0.3, -0.25) is 14.4 Å². The first-order valence-electron chi connectivity index (χ1n) is 24.5. The molecule has 0 aromatic heterocycles. The smallest absolute Gasteiger partial charge is 0.306 e. The SMILES string of the molecule is CC/C=C/C=C/C=C/C=C/CCCCCCCC(=O)OCC(COC(=O)CCCCCCCCCCCCCCC)OC(=O)CC/C=C/C/C=C/CCCCCCCC. The number of carbonyl (C=O) groups excluding carboxylic acids is 3. The molecule has 0 N–H and O–H groups in total. The Balaban J connectivity index is 4.48. The molecule has 0 aliphatic carbocycles. The van der Waals surface area contributed by atoms with Crippen LogP contribution in [0.1, 0.15) is 226 Å². The van der Waals surface area contributed by atoms with Gasteiger partial charge in [0, 0.05) is 19.3 Å². The molecule has 0 saturated heterocycles. The van der Waals surface area contributed by atoms with Gasteiger partial charge in [0.05, 0.1) is 0 Å². The first-order valence-corrected chi connectivity index (χ1v) is 24.5. The molecule has 1 atom stereocenters. The summed E-state index contributed by atoms with van der Waals surface area (Å²) in [6.07, 6.45) is 58.9. The third-order valence-corrected chi connectivity index (χ3v) is 10.3. The average Bonchev–Trinajstić information content (AvgIpc) is 3.23. The number of ether oxygens (including phenoxy) is 3. The lowest BCUT2D eigenvalue weighted by atomic mass is 10.0. The first kappa shape index (κ1) is 55.9. The van der Waals surface area contributed by atoms with E-state index < -0.39 is 6.10 Å². The molecule has 0 heterocycles. The van der Waals surface area contributed by atoms with Crippen LogP contribution < -0.4 is 0 Å². The third kappa shape index (κ3) is 45.8. The highest BCUT2D eigenvalue weighted by atomic mass is 16.6. The van der Waals surface area contributed by atoms with E-state index >= 15 is 0 Å². The molecule has 0 bridgehead atoms. The van der Waals surface area contributed by atoms with Gasteiger partial charge >= 0.3 is 17.9 Å². The maximum Gasteiger partial charge on any atom is 0.306 e. The summed E-state index contributed by atoms with van der Waals surface area (Å²) in [6.45, 7) is 6.41. The second-order valence-corrected chi connectivity index (χ2v) is 16.1. The van der Waals surface area contributed by atoms with Crippen molar-refractivity contribution in [2.75, 3.05) is 13.2 Å². The summed E-state index contributed by atoms with van der Waals surface area (Å²) >= 11 is 0. The number of hydrogen-bond acceptors (Lipinski definition) is 6. The van der Waals surface area contributed by atoms with Crippen molar-refractivity contribution in [2.45, 2.75) is 232 Å². The van der Waals surface area contributed by atoms with Gasteiger partial charge in [0.2, 0.25) is 0 Å². The maximum atomic E-state index is 12.7. The van der Waals surface area contributed by atoms with E-state index in [4.69, 9.17) is 14.2 Å². The van der Waals surface area contributed by atoms with Crippen LogP contribution in [0.3, 0.4) is 0 Å². The summed E-state index contributed by atoms with van der Waals surface area (Å²) in [5.41, 5.74) is 0. The summed E-state index contributed by atoms with van der Waals surface area (Å²) in [6, 6.07) is 0. The summed E-state index contributed by atoms with van der Waals surface area (Å²) in [4.78, 5) is 37.8. The molecule has 0 fully saturated rings. The summed E-state index contributed by atoms with van der Waals surface area (Å²) < 4.78 is 16.7. The fourth-order valence-electron chi connectivity index (χ4n) is 6.62. The quantitative estimate of drug-likeness (QED) is 0.0200. The predicted molar refractivity (Wildman–Crippen MR) is 251 cm³/mol. The Kier molecular flexibility index (Phi) is 45.0. The minimum Gasteiger partial charge on any atom is -0.462 e. The third-order valence-electron chi connectivity index (χ3n) is 10.3. The molecule has 0 rings (SSSR count). The van der Waals surface area contributed by atoms with E-state index in [1.165, 1.54) is 103 Å². The standard InChI is InChI=1S/C53H90O6/c1-4-7-10-13-16-19-22-25-26-29-31-34-37-40-43-46-52(55)58-49-50(59-53(56)47-44-41-38-35-32-28-24-21-18-15-12-9-6-3)48-57-51(54)45-42-39-36-33-30-27-23-20-17-14-11-8-5-2/h7,10,13,16,19,22,25-26,28,32,38,41,50H,4-6,8-9,11-12,14-15,17-18,20-21,23-24,27,29-31,33-37,39-40,42-49H2,1-3H3/b10-7+,16-13+,22-19+,26-25+,32-28+,41-38+. The molecule has 6 nitrogen and oxygen atoms in total. The van der Waals surface area contributed by atoms with E-state index in [9.17, 15) is 14.4 Å². The van der Waals surface area contributed by atoms with Gasteiger partial charge in [-0.05, 0) is 57.8 Å². The summed E-state index contributed by atoms with van der Waals surface area (Å²) in [5.74, 6) is -0.998. The highest BCUT2D eigenvalue weighted by Crippen LogP contribution is 2.14. The van der Waals surface area contributed by atoms with Crippen molar-refractivity contribution in [2.24, 2.45) is 0 Å². The van der Waals surface area contributed by atoms with Gasteiger partial charge < -0.3 is 14.2 Å². The molecule has 0 amide bonds. The van der Waals surface area contributed by atoms with Gasteiger partial charge in [0.15, 0.2) is 6.10 Å². The second kappa shape index (κ2) is 47.5. The molecule has 0 aliphatic rings. The molecule has 0 spiro atoms. The monoisotopic (exact) mass is 823 g/mol. The van der Waals surface area contributed by atoms with E-state index in [2.05, 4.69) is 63.3 Å². The summed E-state index contributed by atoms with van der Waals surface area (Å²) in [5, 5.41) is 0. The first-order chi connectivity index (χ1) is 29.0. The zero-order valence-electron chi connectivity index (χ0n) is 38.5. The second-order valence-electron chi connectivity index (χ2n) is 16.1. The zero-order valence-corrected chi connectivity index (χ0v) is 38.5. The molecular formula is C53H90O6. The van der Waals surface area contributed by atoms with Gasteiger partial charge in [-0.15, -0.1) is 0 Å². The Morgan fingerprint density at radius 2 is 0.763 bits per heavy atom. The topological polar surface area (TPSA) is 78.9 Å². The van der Waals surface area contributed by atoms with Crippen molar-refractivity contribution in [1.29, 1.82) is 0 Å². The number of carbonyl (C=O) groups is 3. The highest BCUT2D eigenvalue weighted by Gasteiger charge is 2.19. The maximum absolute atomic E-state index is 12.7. The average molecular weight is 823 g/mol. The van der Waals surface area contributed by atoms with E-state index in [0.717, 1.165) is 77.0 Å². The van der Waals surface area contributed by atoms with Crippen LogP contribution in [0.5, 0.6) is 0 Å². The van der Waals surface area contributed by atoms with Gasteiger partial charge in [-0.1, -0.05) is 222 Å². The summed E-state index contributed by atoms with van der Waals surface area (Å²) in [7, 11) is 0. The molecule has 0 aliphatic heterocycles. The van der Waals surface area contributed by atoms with Crippen molar-refractivity contribution in [3.05, 3.63) is 72.9 Å². The number of unbranched alkanes of at least 4 members (excludes halogenated alkanes) is 23. The number of allylic oxidation sites excluding steroid dienone is 12. The normalized spacial score (nSPS) is 12.7. The molecular weight excluding hydrogens is 733 g/mol. The van der Waals surface area contributed by atoms with E-state index in [-0.39, 0.29) is 37.5 Å². The fraction of sp³-hybridized carbons (Fsp3) is 0.717.